The molecule has 0 aliphatic carbocycles. The molecule has 122 valence electrons. The molecule has 2 N–H and O–H groups in total. The molecule has 0 aliphatic heterocycles. The number of rotatable bonds is 4. The highest BCUT2D eigenvalue weighted by molar-refractivity contribution is 9.10. The van der Waals surface area contributed by atoms with E-state index in [0.29, 0.717) is 16.2 Å². The highest BCUT2D eigenvalue weighted by atomic mass is 79.9. The van der Waals surface area contributed by atoms with Gasteiger partial charge in [-0.1, -0.05) is 22.0 Å². The van der Waals surface area contributed by atoms with Crippen molar-refractivity contribution in [1.82, 2.24) is 0 Å². The third kappa shape index (κ3) is 4.44. The minimum absolute atomic E-state index is 0.0229. The van der Waals surface area contributed by atoms with Crippen LogP contribution in [0.5, 0.6) is 0 Å². The van der Waals surface area contributed by atoms with E-state index < -0.39 is 23.5 Å². The molecule has 8 heteroatoms. The van der Waals surface area contributed by atoms with E-state index in [1.54, 1.807) is 6.07 Å². The van der Waals surface area contributed by atoms with Crippen molar-refractivity contribution in [1.29, 1.82) is 0 Å². The highest BCUT2D eigenvalue weighted by Gasteiger charge is 2.31. The molecule has 0 bridgehead atoms. The van der Waals surface area contributed by atoms with E-state index in [-0.39, 0.29) is 17.7 Å². The normalized spacial score (nSPS) is 11.3. The van der Waals surface area contributed by atoms with Crippen molar-refractivity contribution in [2.45, 2.75) is 12.7 Å². The molecular formula is C15H10BrF4NO2. The van der Waals surface area contributed by atoms with Crippen LogP contribution in [0.2, 0.25) is 0 Å². The van der Waals surface area contributed by atoms with Crippen molar-refractivity contribution >= 4 is 27.6 Å². The van der Waals surface area contributed by atoms with Crippen molar-refractivity contribution < 1.29 is 27.5 Å². The number of hydrogen-bond donors (Lipinski definition) is 2. The third-order valence-electron chi connectivity index (χ3n) is 3.01. The van der Waals surface area contributed by atoms with Crippen molar-refractivity contribution in [3.05, 3.63) is 63.4 Å². The molecular weight excluding hydrogens is 382 g/mol. The summed E-state index contributed by atoms with van der Waals surface area (Å²) >= 11 is 3.15. The molecule has 0 fully saturated rings. The summed E-state index contributed by atoms with van der Waals surface area (Å²) in [7, 11) is 0. The number of carbonyl (C=O) groups is 1. The van der Waals surface area contributed by atoms with Crippen LogP contribution in [-0.2, 0) is 12.7 Å². The lowest BCUT2D eigenvalue weighted by Gasteiger charge is -2.11. The molecule has 2 aromatic rings. The van der Waals surface area contributed by atoms with E-state index in [0.717, 1.165) is 12.1 Å². The number of hydrogen-bond acceptors (Lipinski definition) is 2. The van der Waals surface area contributed by atoms with Gasteiger partial charge in [0.05, 0.1) is 11.1 Å². The third-order valence-corrected chi connectivity index (χ3v) is 3.47. The Balaban J connectivity index is 2.17. The van der Waals surface area contributed by atoms with Crippen LogP contribution < -0.4 is 5.32 Å². The summed E-state index contributed by atoms with van der Waals surface area (Å²) in [6.07, 6.45) is -4.60. The molecule has 2 rings (SSSR count). The lowest BCUT2D eigenvalue weighted by molar-refractivity contribution is -0.137. The van der Waals surface area contributed by atoms with E-state index in [1.165, 1.54) is 12.1 Å². The smallest absolute Gasteiger partial charge is 0.416 e. The fraction of sp³-hybridized carbons (Fsp3) is 0.133. The minimum atomic E-state index is -4.60. The summed E-state index contributed by atoms with van der Waals surface area (Å²) in [5.41, 5.74) is -0.602. The van der Waals surface area contributed by atoms with Crippen LogP contribution in [0.3, 0.4) is 0 Å². The molecule has 0 saturated heterocycles. The van der Waals surface area contributed by atoms with Gasteiger partial charge in [-0.15, -0.1) is 0 Å². The molecule has 0 saturated carbocycles. The predicted molar refractivity (Wildman–Crippen MR) is 79.8 cm³/mol. The molecule has 3 nitrogen and oxygen atoms in total. The number of anilines is 1. The summed E-state index contributed by atoms with van der Waals surface area (Å²) < 4.78 is 51.6. The predicted octanol–water partition coefficient (Wildman–Crippen LogP) is 4.92. The Bertz CT molecular complexity index is 747. The van der Waals surface area contributed by atoms with Crippen LogP contribution in [0.4, 0.5) is 23.2 Å². The van der Waals surface area contributed by atoms with Gasteiger partial charge in [-0.3, -0.25) is 0 Å². The zero-order valence-corrected chi connectivity index (χ0v) is 13.0. The first-order chi connectivity index (χ1) is 10.7. The van der Waals surface area contributed by atoms with Gasteiger partial charge in [-0.25, -0.2) is 9.18 Å². The van der Waals surface area contributed by atoms with Crippen LogP contribution in [0.1, 0.15) is 21.5 Å². The number of carboxylic acids is 1. The van der Waals surface area contributed by atoms with Gasteiger partial charge in [0.1, 0.15) is 5.82 Å². The van der Waals surface area contributed by atoms with Gasteiger partial charge in [0.25, 0.3) is 0 Å². The van der Waals surface area contributed by atoms with E-state index >= 15 is 0 Å². The van der Waals surface area contributed by atoms with Crippen molar-refractivity contribution in [3.8, 4) is 0 Å². The summed E-state index contributed by atoms with van der Waals surface area (Å²) in [5.74, 6) is -2.11. The summed E-state index contributed by atoms with van der Waals surface area (Å²) in [6, 6.07) is 6.58. The number of carboxylic acid groups (broad SMARTS) is 1. The van der Waals surface area contributed by atoms with Gasteiger partial charge < -0.3 is 10.4 Å². The molecule has 0 amide bonds. The number of halogens is 5. The first-order valence-corrected chi connectivity index (χ1v) is 7.09. The van der Waals surface area contributed by atoms with Crippen molar-refractivity contribution in [2.75, 3.05) is 5.32 Å². The lowest BCUT2D eigenvalue weighted by Crippen LogP contribution is -2.08. The Kier molecular flexibility index (Phi) is 4.93. The number of alkyl halides is 3. The van der Waals surface area contributed by atoms with Crippen molar-refractivity contribution in [3.63, 3.8) is 0 Å². The van der Waals surface area contributed by atoms with E-state index in [1.807, 2.05) is 0 Å². The SMILES string of the molecule is O=C(O)c1cc(Br)cc(NCc2ccc(C(F)(F)F)cc2F)c1. The molecule has 0 unspecified atom stereocenters. The Hall–Kier alpha value is -2.09. The van der Waals surface area contributed by atoms with Gasteiger partial charge in [0.15, 0.2) is 0 Å². The topological polar surface area (TPSA) is 49.3 Å². The molecule has 0 radical (unpaired) electrons. The second-order valence-corrected chi connectivity index (χ2v) is 5.61. The Morgan fingerprint density at radius 2 is 1.87 bits per heavy atom. The Labute approximate surface area is 137 Å². The second-order valence-electron chi connectivity index (χ2n) is 4.69. The maximum Gasteiger partial charge on any atom is 0.416 e. The average Bonchev–Trinajstić information content (AvgIpc) is 2.44. The number of nitrogens with one attached hydrogen (secondary N) is 1. The number of benzene rings is 2. The molecule has 2 aromatic carbocycles. The quantitative estimate of drug-likeness (QED) is 0.727. The zero-order valence-electron chi connectivity index (χ0n) is 11.4. The van der Waals surface area contributed by atoms with Crippen LogP contribution in [-0.4, -0.2) is 11.1 Å². The fourth-order valence-corrected chi connectivity index (χ4v) is 2.37. The molecule has 0 aromatic heterocycles. The summed E-state index contributed by atoms with van der Waals surface area (Å²) in [4.78, 5) is 11.0. The van der Waals surface area contributed by atoms with E-state index in [9.17, 15) is 22.4 Å². The fourth-order valence-electron chi connectivity index (χ4n) is 1.88. The van der Waals surface area contributed by atoms with Gasteiger partial charge in [0.2, 0.25) is 0 Å². The zero-order chi connectivity index (χ0) is 17.2. The summed E-state index contributed by atoms with van der Waals surface area (Å²) in [6.45, 7) is -0.0838. The van der Waals surface area contributed by atoms with Gasteiger partial charge >= 0.3 is 12.1 Å². The monoisotopic (exact) mass is 391 g/mol. The Morgan fingerprint density at radius 3 is 2.43 bits per heavy atom. The van der Waals surface area contributed by atoms with Crippen LogP contribution in [0, 0.1) is 5.82 Å². The van der Waals surface area contributed by atoms with Crippen LogP contribution >= 0.6 is 15.9 Å². The molecule has 0 aliphatic rings. The largest absolute Gasteiger partial charge is 0.478 e. The number of aromatic carboxylic acids is 1. The molecule has 23 heavy (non-hydrogen) atoms. The summed E-state index contributed by atoms with van der Waals surface area (Å²) in [5, 5.41) is 11.7. The van der Waals surface area contributed by atoms with E-state index in [2.05, 4.69) is 21.2 Å². The standard InChI is InChI=1S/C15H10BrF4NO2/c16-11-3-9(14(22)23)4-12(6-11)21-7-8-1-2-10(5-13(8)17)15(18,19)20/h1-6,21H,7H2,(H,22,23). The maximum atomic E-state index is 13.7. The maximum absolute atomic E-state index is 13.7. The molecule has 0 spiro atoms. The van der Waals surface area contributed by atoms with Crippen molar-refractivity contribution in [2.24, 2.45) is 0 Å². The highest BCUT2D eigenvalue weighted by Crippen LogP contribution is 2.30. The first kappa shape index (κ1) is 17.3. The average molecular weight is 392 g/mol. The lowest BCUT2D eigenvalue weighted by atomic mass is 10.1. The Morgan fingerprint density at radius 1 is 1.17 bits per heavy atom. The van der Waals surface area contributed by atoms with E-state index in [4.69, 9.17) is 5.11 Å². The minimum Gasteiger partial charge on any atom is -0.478 e. The molecule has 0 atom stereocenters. The first-order valence-electron chi connectivity index (χ1n) is 6.30. The van der Waals surface area contributed by atoms with Crippen LogP contribution in [0.15, 0.2) is 40.9 Å². The second kappa shape index (κ2) is 6.57. The van der Waals surface area contributed by atoms with Gasteiger partial charge in [-0.05, 0) is 30.3 Å². The van der Waals surface area contributed by atoms with Crippen LogP contribution in [0.25, 0.3) is 0 Å². The molecule has 0 heterocycles. The van der Waals surface area contributed by atoms with Gasteiger partial charge in [-0.2, -0.15) is 13.2 Å². The van der Waals surface area contributed by atoms with Gasteiger partial charge in [0, 0.05) is 22.3 Å².